The van der Waals surface area contributed by atoms with Crippen molar-refractivity contribution < 1.29 is 5.11 Å². The fourth-order valence-electron chi connectivity index (χ4n) is 3.55. The molecule has 2 fully saturated rings. The van der Waals surface area contributed by atoms with Gasteiger partial charge in [-0.1, -0.05) is 30.3 Å². The molecule has 1 aliphatic carbocycles. The van der Waals surface area contributed by atoms with E-state index in [0.717, 1.165) is 32.5 Å². The minimum atomic E-state index is -0.0417. The Hall–Kier alpha value is -0.900. The van der Waals surface area contributed by atoms with Crippen molar-refractivity contribution in [3.05, 3.63) is 35.9 Å². The van der Waals surface area contributed by atoms with Crippen LogP contribution in [-0.2, 0) is 6.54 Å². The average molecular weight is 274 g/mol. The van der Waals surface area contributed by atoms with Crippen LogP contribution in [0.25, 0.3) is 0 Å². The van der Waals surface area contributed by atoms with Crippen molar-refractivity contribution in [2.45, 2.75) is 44.4 Å². The molecule has 1 aromatic carbocycles. The summed E-state index contributed by atoms with van der Waals surface area (Å²) in [6, 6.07) is 11.4. The van der Waals surface area contributed by atoms with E-state index in [0.29, 0.717) is 12.0 Å². The fraction of sp³-hybridized carbons (Fsp3) is 0.647. The first kappa shape index (κ1) is 14.1. The van der Waals surface area contributed by atoms with Crippen LogP contribution in [0.3, 0.4) is 0 Å². The normalized spacial score (nSPS) is 30.9. The molecule has 1 aliphatic heterocycles. The van der Waals surface area contributed by atoms with Crippen molar-refractivity contribution in [1.29, 1.82) is 0 Å². The molecule has 2 aliphatic rings. The molecule has 1 saturated heterocycles. The zero-order chi connectivity index (χ0) is 13.8. The summed E-state index contributed by atoms with van der Waals surface area (Å²) in [6.45, 7) is 4.51. The Labute approximate surface area is 122 Å². The third kappa shape index (κ3) is 3.81. The number of aliphatic hydroxyl groups excluding tert-OH is 1. The number of nitrogens with zero attached hydrogens (tertiary/aromatic N) is 1. The summed E-state index contributed by atoms with van der Waals surface area (Å²) in [4.78, 5) is 2.54. The predicted octanol–water partition coefficient (Wildman–Crippen LogP) is 2.01. The maximum atomic E-state index is 9.56. The van der Waals surface area contributed by atoms with Crippen molar-refractivity contribution in [2.75, 3.05) is 19.6 Å². The SMILES string of the molecule is OC1CCC(CNC2CCN(Cc3ccccc3)C2)C1. The van der Waals surface area contributed by atoms with E-state index in [1.54, 1.807) is 0 Å². The number of benzene rings is 1. The number of likely N-dealkylation sites (tertiary alicyclic amines) is 1. The van der Waals surface area contributed by atoms with Gasteiger partial charge in [0.25, 0.3) is 0 Å². The van der Waals surface area contributed by atoms with E-state index >= 15 is 0 Å². The minimum absolute atomic E-state index is 0.0417. The van der Waals surface area contributed by atoms with Gasteiger partial charge in [-0.2, -0.15) is 0 Å². The third-order valence-corrected chi connectivity index (χ3v) is 4.73. The van der Waals surface area contributed by atoms with Crippen molar-refractivity contribution in [1.82, 2.24) is 10.2 Å². The highest BCUT2D eigenvalue weighted by molar-refractivity contribution is 5.14. The van der Waals surface area contributed by atoms with Gasteiger partial charge in [0.2, 0.25) is 0 Å². The molecule has 2 N–H and O–H groups in total. The van der Waals surface area contributed by atoms with E-state index in [1.807, 2.05) is 0 Å². The van der Waals surface area contributed by atoms with E-state index < -0.39 is 0 Å². The van der Waals surface area contributed by atoms with E-state index in [4.69, 9.17) is 0 Å². The highest BCUT2D eigenvalue weighted by Gasteiger charge is 2.26. The Morgan fingerprint density at radius 1 is 1.15 bits per heavy atom. The fourth-order valence-corrected chi connectivity index (χ4v) is 3.55. The van der Waals surface area contributed by atoms with E-state index in [1.165, 1.54) is 24.9 Å². The molecule has 1 heterocycles. The van der Waals surface area contributed by atoms with Crippen molar-refractivity contribution >= 4 is 0 Å². The smallest absolute Gasteiger partial charge is 0.0543 e. The zero-order valence-corrected chi connectivity index (χ0v) is 12.2. The largest absolute Gasteiger partial charge is 0.393 e. The summed E-state index contributed by atoms with van der Waals surface area (Å²) in [7, 11) is 0. The van der Waals surface area contributed by atoms with Crippen LogP contribution in [0.4, 0.5) is 0 Å². The van der Waals surface area contributed by atoms with Crippen molar-refractivity contribution in [3.63, 3.8) is 0 Å². The molecule has 1 saturated carbocycles. The van der Waals surface area contributed by atoms with Crippen LogP contribution in [0.2, 0.25) is 0 Å². The van der Waals surface area contributed by atoms with Crippen LogP contribution in [0.5, 0.6) is 0 Å². The summed E-state index contributed by atoms with van der Waals surface area (Å²) < 4.78 is 0. The van der Waals surface area contributed by atoms with Crippen LogP contribution in [-0.4, -0.2) is 41.8 Å². The number of hydrogen-bond donors (Lipinski definition) is 2. The van der Waals surface area contributed by atoms with Gasteiger partial charge in [-0.15, -0.1) is 0 Å². The van der Waals surface area contributed by atoms with Gasteiger partial charge in [0.1, 0.15) is 0 Å². The second-order valence-corrected chi connectivity index (χ2v) is 6.45. The Kier molecular flexibility index (Phi) is 4.71. The summed E-state index contributed by atoms with van der Waals surface area (Å²) in [5, 5.41) is 13.3. The highest BCUT2D eigenvalue weighted by Crippen LogP contribution is 2.25. The molecule has 0 bridgehead atoms. The van der Waals surface area contributed by atoms with Gasteiger partial charge < -0.3 is 10.4 Å². The third-order valence-electron chi connectivity index (χ3n) is 4.73. The first-order valence-corrected chi connectivity index (χ1v) is 7.97. The molecule has 3 heteroatoms. The molecule has 0 aromatic heterocycles. The summed E-state index contributed by atoms with van der Waals surface area (Å²) >= 11 is 0. The number of hydrogen-bond acceptors (Lipinski definition) is 3. The lowest BCUT2D eigenvalue weighted by Gasteiger charge is -2.18. The number of aliphatic hydroxyl groups is 1. The predicted molar refractivity (Wildman–Crippen MR) is 81.5 cm³/mol. The quantitative estimate of drug-likeness (QED) is 0.862. The molecule has 20 heavy (non-hydrogen) atoms. The molecule has 3 unspecified atom stereocenters. The molecule has 3 atom stereocenters. The van der Waals surface area contributed by atoms with Crippen LogP contribution >= 0.6 is 0 Å². The van der Waals surface area contributed by atoms with Gasteiger partial charge in [0.15, 0.2) is 0 Å². The van der Waals surface area contributed by atoms with Gasteiger partial charge in [0.05, 0.1) is 6.10 Å². The second-order valence-electron chi connectivity index (χ2n) is 6.45. The molecule has 0 radical (unpaired) electrons. The van der Waals surface area contributed by atoms with Gasteiger partial charge in [-0.3, -0.25) is 4.90 Å². The van der Waals surface area contributed by atoms with Crippen molar-refractivity contribution in [3.8, 4) is 0 Å². The number of nitrogens with one attached hydrogen (secondary N) is 1. The first-order valence-electron chi connectivity index (χ1n) is 7.97. The van der Waals surface area contributed by atoms with Gasteiger partial charge in [-0.25, -0.2) is 0 Å². The molecule has 110 valence electrons. The second kappa shape index (κ2) is 6.70. The topological polar surface area (TPSA) is 35.5 Å². The van der Waals surface area contributed by atoms with Gasteiger partial charge >= 0.3 is 0 Å². The molecule has 0 spiro atoms. The van der Waals surface area contributed by atoms with Crippen LogP contribution in [0, 0.1) is 5.92 Å². The summed E-state index contributed by atoms with van der Waals surface area (Å²) in [6.07, 6.45) is 4.39. The van der Waals surface area contributed by atoms with E-state index in [2.05, 4.69) is 40.5 Å². The Morgan fingerprint density at radius 3 is 2.75 bits per heavy atom. The molecule has 3 nitrogen and oxygen atoms in total. The monoisotopic (exact) mass is 274 g/mol. The number of rotatable bonds is 5. The molecule has 3 rings (SSSR count). The van der Waals surface area contributed by atoms with Crippen LogP contribution in [0.15, 0.2) is 30.3 Å². The molecule has 1 aromatic rings. The standard InChI is InChI=1S/C17H26N2O/c20-17-7-6-15(10-17)11-18-16-8-9-19(13-16)12-14-4-2-1-3-5-14/h1-5,15-18,20H,6-13H2. The molecular formula is C17H26N2O. The lowest BCUT2D eigenvalue weighted by Crippen LogP contribution is -2.35. The van der Waals surface area contributed by atoms with Gasteiger partial charge in [-0.05, 0) is 43.7 Å². The Balaban J connectivity index is 1.39. The first-order chi connectivity index (χ1) is 9.79. The minimum Gasteiger partial charge on any atom is -0.393 e. The average Bonchev–Trinajstić information content (AvgIpc) is 3.07. The van der Waals surface area contributed by atoms with Gasteiger partial charge in [0, 0.05) is 25.7 Å². The van der Waals surface area contributed by atoms with E-state index in [9.17, 15) is 5.11 Å². The molecule has 0 amide bonds. The lowest BCUT2D eigenvalue weighted by molar-refractivity contribution is 0.177. The Morgan fingerprint density at radius 2 is 2.00 bits per heavy atom. The van der Waals surface area contributed by atoms with Crippen LogP contribution in [0.1, 0.15) is 31.2 Å². The summed E-state index contributed by atoms with van der Waals surface area (Å²) in [5.74, 6) is 0.688. The van der Waals surface area contributed by atoms with Crippen molar-refractivity contribution in [2.24, 2.45) is 5.92 Å². The zero-order valence-electron chi connectivity index (χ0n) is 12.2. The maximum absolute atomic E-state index is 9.56. The Bertz CT molecular complexity index is 409. The van der Waals surface area contributed by atoms with Crippen LogP contribution < -0.4 is 5.32 Å². The maximum Gasteiger partial charge on any atom is 0.0543 e. The lowest BCUT2D eigenvalue weighted by atomic mass is 10.1. The highest BCUT2D eigenvalue weighted by atomic mass is 16.3. The van der Waals surface area contributed by atoms with E-state index in [-0.39, 0.29) is 6.10 Å². The molecular weight excluding hydrogens is 248 g/mol. The summed E-state index contributed by atoms with van der Waals surface area (Å²) in [5.41, 5.74) is 1.41.